The highest BCUT2D eigenvalue weighted by atomic mass is 19.2. The van der Waals surface area contributed by atoms with Crippen LogP contribution in [0.5, 0.6) is 0 Å². The molecule has 0 saturated carbocycles. The molecule has 0 radical (unpaired) electrons. The molecule has 0 heterocycles. The fourth-order valence-electron chi connectivity index (χ4n) is 1.23. The first-order chi connectivity index (χ1) is 7.24. The van der Waals surface area contributed by atoms with Crippen molar-refractivity contribution in [3.63, 3.8) is 0 Å². The van der Waals surface area contributed by atoms with Gasteiger partial charge < -0.3 is 4.79 Å². The van der Waals surface area contributed by atoms with E-state index in [2.05, 4.69) is 0 Å². The van der Waals surface area contributed by atoms with E-state index in [1.807, 2.05) is 0 Å². The van der Waals surface area contributed by atoms with Gasteiger partial charge in [-0.1, -0.05) is 0 Å². The summed E-state index contributed by atoms with van der Waals surface area (Å²) in [5.41, 5.74) is -2.91. The van der Waals surface area contributed by atoms with Crippen molar-refractivity contribution in [3.8, 4) is 0 Å². The van der Waals surface area contributed by atoms with Crippen molar-refractivity contribution in [1.29, 1.82) is 0 Å². The summed E-state index contributed by atoms with van der Waals surface area (Å²) in [6.45, 7) is 2.11. The Balaban J connectivity index is 3.71. The molecule has 0 spiro atoms. The first-order valence-corrected chi connectivity index (χ1v) is 4.22. The number of benzene rings is 1. The number of hydrogen-bond donors (Lipinski definition) is 0. The summed E-state index contributed by atoms with van der Waals surface area (Å²) in [5, 5.41) is 0. The van der Waals surface area contributed by atoms with Gasteiger partial charge in [0.2, 0.25) is 5.82 Å². The number of hydrogen-bond acceptors (Lipinski definition) is 1. The van der Waals surface area contributed by atoms with Crippen LogP contribution in [0.4, 0.5) is 22.0 Å². The van der Waals surface area contributed by atoms with Crippen LogP contribution in [0.2, 0.25) is 0 Å². The molecule has 1 aromatic carbocycles. The van der Waals surface area contributed by atoms with Crippen LogP contribution in [0.15, 0.2) is 0 Å². The number of carbonyl (C=O) groups excluding carboxylic acids is 1. The first kappa shape index (κ1) is 12.6. The molecule has 0 saturated heterocycles. The van der Waals surface area contributed by atoms with Crippen LogP contribution in [0.25, 0.3) is 0 Å². The minimum absolute atomic E-state index is 0.116. The van der Waals surface area contributed by atoms with Crippen LogP contribution in [-0.4, -0.2) is 6.29 Å². The second-order valence-electron chi connectivity index (χ2n) is 3.78. The highest BCUT2D eigenvalue weighted by Gasteiger charge is 2.34. The molecule has 0 bridgehead atoms. The van der Waals surface area contributed by atoms with Gasteiger partial charge in [0, 0.05) is 5.56 Å². The quantitative estimate of drug-likeness (QED) is 0.335. The SMILES string of the molecule is CC(C)(C=O)c1c(F)c(F)c(F)c(F)c1F. The van der Waals surface area contributed by atoms with E-state index in [4.69, 9.17) is 0 Å². The third-order valence-corrected chi connectivity index (χ3v) is 2.15. The Morgan fingerprint density at radius 3 is 1.44 bits per heavy atom. The molecular formula is C10H7F5O. The number of carbonyl (C=O) groups is 1. The lowest BCUT2D eigenvalue weighted by atomic mass is 9.85. The van der Waals surface area contributed by atoms with Crippen LogP contribution in [-0.2, 0) is 10.2 Å². The second-order valence-corrected chi connectivity index (χ2v) is 3.78. The standard InChI is InChI=1S/C10H7F5O/c1-10(2,3-16)4-5(11)7(13)9(15)8(14)6(4)12/h3H,1-2H3. The minimum Gasteiger partial charge on any atom is -0.302 e. The molecule has 0 amide bonds. The lowest BCUT2D eigenvalue weighted by Gasteiger charge is -2.19. The van der Waals surface area contributed by atoms with Crippen molar-refractivity contribution in [1.82, 2.24) is 0 Å². The predicted molar refractivity (Wildman–Crippen MR) is 45.3 cm³/mol. The van der Waals surface area contributed by atoms with Crippen LogP contribution < -0.4 is 0 Å². The number of aldehydes is 1. The van der Waals surface area contributed by atoms with E-state index < -0.39 is 40.1 Å². The Morgan fingerprint density at radius 1 is 0.812 bits per heavy atom. The van der Waals surface area contributed by atoms with Gasteiger partial charge in [0.15, 0.2) is 23.3 Å². The highest BCUT2D eigenvalue weighted by Crippen LogP contribution is 2.31. The molecule has 0 fully saturated rings. The second kappa shape index (κ2) is 3.84. The lowest BCUT2D eigenvalue weighted by Crippen LogP contribution is -2.25. The molecule has 0 atom stereocenters. The van der Waals surface area contributed by atoms with Gasteiger partial charge in [0.25, 0.3) is 0 Å². The van der Waals surface area contributed by atoms with Gasteiger partial charge in [-0.3, -0.25) is 0 Å². The largest absolute Gasteiger partial charge is 0.302 e. The molecule has 0 aliphatic rings. The summed E-state index contributed by atoms with van der Waals surface area (Å²) in [6.07, 6.45) is 0.116. The van der Waals surface area contributed by atoms with Gasteiger partial charge in [0.1, 0.15) is 6.29 Å². The smallest absolute Gasteiger partial charge is 0.200 e. The molecule has 1 nitrogen and oxygen atoms in total. The molecule has 1 rings (SSSR count). The van der Waals surface area contributed by atoms with Crippen molar-refractivity contribution in [2.75, 3.05) is 0 Å². The van der Waals surface area contributed by atoms with E-state index in [0.29, 0.717) is 0 Å². The Hall–Kier alpha value is -1.46. The van der Waals surface area contributed by atoms with Crippen LogP contribution >= 0.6 is 0 Å². The van der Waals surface area contributed by atoms with Crippen molar-refractivity contribution in [3.05, 3.63) is 34.6 Å². The topological polar surface area (TPSA) is 17.1 Å². The molecule has 0 unspecified atom stereocenters. The monoisotopic (exact) mass is 238 g/mol. The zero-order valence-electron chi connectivity index (χ0n) is 8.38. The van der Waals surface area contributed by atoms with Gasteiger partial charge in [0.05, 0.1) is 5.41 Å². The fourth-order valence-corrected chi connectivity index (χ4v) is 1.23. The van der Waals surface area contributed by atoms with Crippen molar-refractivity contribution in [2.45, 2.75) is 19.3 Å². The predicted octanol–water partition coefficient (Wildman–Crippen LogP) is 2.86. The van der Waals surface area contributed by atoms with Gasteiger partial charge in [-0.2, -0.15) is 0 Å². The Labute approximate surface area is 87.9 Å². The van der Waals surface area contributed by atoms with Crippen LogP contribution in [0.1, 0.15) is 19.4 Å². The van der Waals surface area contributed by atoms with E-state index in [0.717, 1.165) is 13.8 Å². The Bertz CT molecular complexity index is 424. The third kappa shape index (κ3) is 1.68. The van der Waals surface area contributed by atoms with E-state index in [1.54, 1.807) is 0 Å². The normalized spacial score (nSPS) is 11.7. The van der Waals surface area contributed by atoms with E-state index in [-0.39, 0.29) is 6.29 Å². The first-order valence-electron chi connectivity index (χ1n) is 4.22. The van der Waals surface area contributed by atoms with E-state index >= 15 is 0 Å². The number of rotatable bonds is 2. The summed E-state index contributed by atoms with van der Waals surface area (Å²) in [6, 6.07) is 0. The summed E-state index contributed by atoms with van der Waals surface area (Å²) in [4.78, 5) is 10.6. The van der Waals surface area contributed by atoms with Crippen molar-refractivity contribution >= 4 is 6.29 Å². The number of halogens is 5. The summed E-state index contributed by atoms with van der Waals surface area (Å²) in [5.74, 6) is -10.3. The van der Waals surface area contributed by atoms with Crippen LogP contribution in [0, 0.1) is 29.1 Å². The Morgan fingerprint density at radius 2 is 1.12 bits per heavy atom. The summed E-state index contributed by atoms with van der Waals surface area (Å²) in [7, 11) is 0. The van der Waals surface area contributed by atoms with E-state index in [1.165, 1.54) is 0 Å². The molecule has 0 N–H and O–H groups in total. The van der Waals surface area contributed by atoms with Gasteiger partial charge in [-0.25, -0.2) is 22.0 Å². The van der Waals surface area contributed by atoms with Gasteiger partial charge >= 0.3 is 0 Å². The summed E-state index contributed by atoms with van der Waals surface area (Å²) >= 11 is 0. The average Bonchev–Trinajstić information content (AvgIpc) is 2.23. The zero-order valence-corrected chi connectivity index (χ0v) is 8.38. The van der Waals surface area contributed by atoms with Crippen molar-refractivity contribution in [2.24, 2.45) is 0 Å². The fraction of sp³-hybridized carbons (Fsp3) is 0.300. The third-order valence-electron chi connectivity index (χ3n) is 2.15. The molecule has 0 aromatic heterocycles. The molecule has 88 valence electrons. The molecule has 0 aliphatic carbocycles. The van der Waals surface area contributed by atoms with E-state index in [9.17, 15) is 26.7 Å². The van der Waals surface area contributed by atoms with Crippen LogP contribution in [0.3, 0.4) is 0 Å². The summed E-state index contributed by atoms with van der Waals surface area (Å²) < 4.78 is 64.7. The highest BCUT2D eigenvalue weighted by molar-refractivity contribution is 5.67. The molecule has 0 aliphatic heterocycles. The van der Waals surface area contributed by atoms with Crippen molar-refractivity contribution < 1.29 is 26.7 Å². The maximum atomic E-state index is 13.2. The molecule has 1 aromatic rings. The minimum atomic E-state index is -2.24. The molecular weight excluding hydrogens is 231 g/mol. The lowest BCUT2D eigenvalue weighted by molar-refractivity contribution is -0.111. The average molecular weight is 238 g/mol. The van der Waals surface area contributed by atoms with Gasteiger partial charge in [-0.15, -0.1) is 0 Å². The zero-order chi connectivity index (χ0) is 12.7. The molecule has 6 heteroatoms. The Kier molecular flexibility index (Phi) is 3.03. The van der Waals surface area contributed by atoms with Gasteiger partial charge in [-0.05, 0) is 13.8 Å². The maximum absolute atomic E-state index is 13.2. The molecule has 16 heavy (non-hydrogen) atoms. The maximum Gasteiger partial charge on any atom is 0.200 e.